The van der Waals surface area contributed by atoms with Crippen LogP contribution in [0.3, 0.4) is 0 Å². The van der Waals surface area contributed by atoms with E-state index in [1.165, 1.54) is 5.56 Å². The molecule has 0 amide bonds. The van der Waals surface area contributed by atoms with Gasteiger partial charge in [0, 0.05) is 25.0 Å². The Hall–Kier alpha value is -2.62. The third-order valence-electron chi connectivity index (χ3n) is 4.68. The number of rotatable bonds is 8. The second kappa shape index (κ2) is 12.3. The highest BCUT2D eigenvalue weighted by Crippen LogP contribution is 2.17. The summed E-state index contributed by atoms with van der Waals surface area (Å²) in [7, 11) is 1.70. The van der Waals surface area contributed by atoms with Crippen LogP contribution in [-0.2, 0) is 13.0 Å². The van der Waals surface area contributed by atoms with Gasteiger partial charge in [-0.1, -0.05) is 24.3 Å². The molecule has 8 heteroatoms. The van der Waals surface area contributed by atoms with Gasteiger partial charge in [-0.05, 0) is 56.5 Å². The van der Waals surface area contributed by atoms with Crippen molar-refractivity contribution >= 4 is 29.9 Å². The molecule has 0 atom stereocenters. The molecule has 0 unspecified atom stereocenters. The Morgan fingerprint density at radius 3 is 2.58 bits per heavy atom. The Kier molecular flexibility index (Phi) is 9.77. The quantitative estimate of drug-likeness (QED) is 0.261. The lowest BCUT2D eigenvalue weighted by Crippen LogP contribution is -2.38. The number of benzene rings is 1. The zero-order valence-electron chi connectivity index (χ0n) is 18.6. The topological polar surface area (TPSA) is 76.4 Å². The summed E-state index contributed by atoms with van der Waals surface area (Å²) in [5.74, 6) is 2.51. The summed E-state index contributed by atoms with van der Waals surface area (Å²) in [5.41, 5.74) is 4.27. The Morgan fingerprint density at radius 1 is 1.13 bits per heavy atom. The van der Waals surface area contributed by atoms with Crippen LogP contribution in [0, 0.1) is 13.8 Å². The molecule has 166 valence electrons. The summed E-state index contributed by atoms with van der Waals surface area (Å²) in [6, 6.07) is 14.1. The molecule has 0 radical (unpaired) electrons. The fourth-order valence-corrected chi connectivity index (χ4v) is 3.23. The lowest BCUT2D eigenvalue weighted by molar-refractivity contribution is 0.409. The highest BCUT2D eigenvalue weighted by Gasteiger charge is 2.06. The highest BCUT2D eigenvalue weighted by atomic mass is 127. The third kappa shape index (κ3) is 6.95. The van der Waals surface area contributed by atoms with Gasteiger partial charge < -0.3 is 15.4 Å². The van der Waals surface area contributed by atoms with Crippen LogP contribution in [0.1, 0.15) is 29.4 Å². The fraction of sp³-hybridized carbons (Fsp3) is 0.348. The van der Waals surface area contributed by atoms with Crippen molar-refractivity contribution in [3.8, 4) is 11.6 Å². The molecule has 7 nitrogen and oxygen atoms in total. The van der Waals surface area contributed by atoms with Crippen LogP contribution in [0.25, 0.3) is 5.82 Å². The molecule has 0 fully saturated rings. The largest absolute Gasteiger partial charge is 0.496 e. The lowest BCUT2D eigenvalue weighted by atomic mass is 10.1. The predicted molar refractivity (Wildman–Crippen MR) is 136 cm³/mol. The van der Waals surface area contributed by atoms with Crippen molar-refractivity contribution < 1.29 is 4.74 Å². The first-order chi connectivity index (χ1) is 14.6. The normalized spacial score (nSPS) is 11.0. The smallest absolute Gasteiger partial charge is 0.191 e. The molecule has 1 aromatic carbocycles. The number of aryl methyl sites for hydroxylation is 2. The fourth-order valence-electron chi connectivity index (χ4n) is 3.23. The summed E-state index contributed by atoms with van der Waals surface area (Å²) < 4.78 is 7.27. The monoisotopic (exact) mass is 534 g/mol. The minimum Gasteiger partial charge on any atom is -0.496 e. The Balaban J connectivity index is 0.00000341. The molecule has 0 spiro atoms. The molecule has 2 aromatic heterocycles. The van der Waals surface area contributed by atoms with Gasteiger partial charge in [0.25, 0.3) is 0 Å². The minimum absolute atomic E-state index is 0. The van der Waals surface area contributed by atoms with Crippen LogP contribution in [0.4, 0.5) is 0 Å². The van der Waals surface area contributed by atoms with Crippen molar-refractivity contribution in [1.82, 2.24) is 25.4 Å². The standard InChI is InChI=1S/C23H30N6O.HI/c1-5-24-23(25-13-12-20-8-6-7-9-21(20)30-4)27-16-19-10-11-22(26-15-19)29-18(3)14-17(2)28-29;/h6-11,14-15H,5,12-13,16H2,1-4H3,(H2,24,25,27);1H. The maximum absolute atomic E-state index is 5.42. The van der Waals surface area contributed by atoms with Crippen molar-refractivity contribution in [2.24, 2.45) is 4.99 Å². The third-order valence-corrected chi connectivity index (χ3v) is 4.68. The van der Waals surface area contributed by atoms with Gasteiger partial charge in [-0.25, -0.2) is 14.7 Å². The van der Waals surface area contributed by atoms with Crippen molar-refractivity contribution in [2.45, 2.75) is 33.7 Å². The summed E-state index contributed by atoms with van der Waals surface area (Å²) in [4.78, 5) is 9.23. The molecular weight excluding hydrogens is 503 g/mol. The van der Waals surface area contributed by atoms with Gasteiger partial charge in [0.15, 0.2) is 11.8 Å². The number of ether oxygens (including phenoxy) is 1. The lowest BCUT2D eigenvalue weighted by Gasteiger charge is -2.13. The number of aromatic nitrogens is 3. The van der Waals surface area contributed by atoms with Crippen LogP contribution in [-0.4, -0.2) is 40.9 Å². The van der Waals surface area contributed by atoms with E-state index in [9.17, 15) is 0 Å². The molecule has 31 heavy (non-hydrogen) atoms. The number of hydrogen-bond donors (Lipinski definition) is 2. The summed E-state index contributed by atoms with van der Waals surface area (Å²) in [6.07, 6.45) is 2.71. The van der Waals surface area contributed by atoms with Gasteiger partial charge in [0.2, 0.25) is 0 Å². The number of halogens is 1. The molecule has 0 aliphatic carbocycles. The number of aliphatic imine (C=N–C) groups is 1. The van der Waals surface area contributed by atoms with Crippen molar-refractivity contribution in [3.05, 3.63) is 71.2 Å². The number of pyridine rings is 1. The zero-order chi connectivity index (χ0) is 21.3. The number of para-hydroxylation sites is 1. The number of guanidine groups is 1. The van der Waals surface area contributed by atoms with Crippen LogP contribution < -0.4 is 15.4 Å². The first-order valence-corrected chi connectivity index (χ1v) is 10.2. The number of methoxy groups -OCH3 is 1. The molecular formula is C23H31IN6O. The molecule has 0 saturated heterocycles. The second-order valence-electron chi connectivity index (χ2n) is 7.05. The van der Waals surface area contributed by atoms with E-state index in [4.69, 9.17) is 4.74 Å². The molecule has 2 N–H and O–H groups in total. The van der Waals surface area contributed by atoms with Crippen molar-refractivity contribution in [2.75, 3.05) is 20.2 Å². The first-order valence-electron chi connectivity index (χ1n) is 10.2. The van der Waals surface area contributed by atoms with Gasteiger partial charge in [0.05, 0.1) is 19.3 Å². The van der Waals surface area contributed by atoms with E-state index in [0.717, 1.165) is 54.0 Å². The molecule has 0 bridgehead atoms. The van der Waals surface area contributed by atoms with E-state index in [2.05, 4.69) is 38.7 Å². The average Bonchev–Trinajstić information content (AvgIpc) is 3.10. The zero-order valence-corrected chi connectivity index (χ0v) is 20.9. The van der Waals surface area contributed by atoms with Crippen molar-refractivity contribution in [3.63, 3.8) is 0 Å². The highest BCUT2D eigenvalue weighted by molar-refractivity contribution is 14.0. The second-order valence-corrected chi connectivity index (χ2v) is 7.05. The van der Waals surface area contributed by atoms with E-state index in [1.807, 2.05) is 61.1 Å². The average molecular weight is 534 g/mol. The van der Waals surface area contributed by atoms with E-state index in [-0.39, 0.29) is 24.0 Å². The number of hydrogen-bond acceptors (Lipinski definition) is 4. The Bertz CT molecular complexity index is 984. The number of nitrogens with zero attached hydrogens (tertiary/aromatic N) is 4. The van der Waals surface area contributed by atoms with Crippen molar-refractivity contribution in [1.29, 1.82) is 0 Å². The predicted octanol–water partition coefficient (Wildman–Crippen LogP) is 3.81. The Morgan fingerprint density at radius 2 is 1.94 bits per heavy atom. The molecule has 2 heterocycles. The van der Waals surface area contributed by atoms with E-state index in [0.29, 0.717) is 6.54 Å². The molecule has 0 aliphatic rings. The maximum Gasteiger partial charge on any atom is 0.191 e. The number of nitrogens with one attached hydrogen (secondary N) is 2. The van der Waals surface area contributed by atoms with Gasteiger partial charge in [0.1, 0.15) is 5.75 Å². The molecule has 0 aliphatic heterocycles. The van der Waals surface area contributed by atoms with Crippen LogP contribution >= 0.6 is 24.0 Å². The van der Waals surface area contributed by atoms with Gasteiger partial charge in [-0.3, -0.25) is 0 Å². The van der Waals surface area contributed by atoms with Crippen LogP contribution in [0.2, 0.25) is 0 Å². The minimum atomic E-state index is 0. The molecule has 0 saturated carbocycles. The van der Waals surface area contributed by atoms with Gasteiger partial charge in [-0.15, -0.1) is 24.0 Å². The van der Waals surface area contributed by atoms with Crippen LogP contribution in [0.5, 0.6) is 5.75 Å². The van der Waals surface area contributed by atoms with E-state index < -0.39 is 0 Å². The summed E-state index contributed by atoms with van der Waals surface area (Å²) in [6.45, 7) is 8.18. The molecule has 3 aromatic rings. The summed E-state index contributed by atoms with van der Waals surface area (Å²) >= 11 is 0. The van der Waals surface area contributed by atoms with E-state index >= 15 is 0 Å². The first kappa shape index (κ1) is 24.6. The van der Waals surface area contributed by atoms with Gasteiger partial charge >= 0.3 is 0 Å². The van der Waals surface area contributed by atoms with Gasteiger partial charge in [-0.2, -0.15) is 5.10 Å². The maximum atomic E-state index is 5.42. The Labute approximate surface area is 201 Å². The summed E-state index contributed by atoms with van der Waals surface area (Å²) in [5, 5.41) is 11.2. The van der Waals surface area contributed by atoms with Crippen LogP contribution in [0.15, 0.2) is 53.7 Å². The molecule has 3 rings (SSSR count). The van der Waals surface area contributed by atoms with E-state index in [1.54, 1.807) is 7.11 Å². The SMILES string of the molecule is CCNC(=NCc1ccc(-n2nc(C)cc2C)nc1)NCCc1ccccc1OC.I.